The lowest BCUT2D eigenvalue weighted by Crippen LogP contribution is -2.60. The summed E-state index contributed by atoms with van der Waals surface area (Å²) in [6, 6.07) is 0. The predicted octanol–water partition coefficient (Wildman–Crippen LogP) is -3.03. The second-order valence-electron chi connectivity index (χ2n) is 9.39. The van der Waals surface area contributed by atoms with Crippen molar-refractivity contribution in [1.82, 2.24) is 0 Å². The normalized spacial score (nSPS) is 50.4. The zero-order valence-corrected chi connectivity index (χ0v) is 19.0. The van der Waals surface area contributed by atoms with Gasteiger partial charge in [0, 0.05) is 13.0 Å². The van der Waals surface area contributed by atoms with Gasteiger partial charge in [0.2, 0.25) is 0 Å². The van der Waals surface area contributed by atoms with Gasteiger partial charge in [0.25, 0.3) is 0 Å². The molecule has 0 aromatic carbocycles. The highest BCUT2D eigenvalue weighted by atomic mass is 16.7. The standard InChI is InChI=1S/C21H36O13/c1-10-17(15(24)16(25)19(31-10)32-11-3-2-4-28-6-11)34-14-5-13(12(23)7-29-14)33-20-18(26)21(27,8-22)9-30-20/h10-20,22-27H,2-9H2,1H3/t10-,11+,12+,13+,14-,15-,16+,17-,18-,19-,20-,21+/m0/s1. The van der Waals surface area contributed by atoms with Crippen LogP contribution in [0.2, 0.25) is 0 Å². The van der Waals surface area contributed by atoms with Crippen LogP contribution in [0.25, 0.3) is 0 Å². The molecule has 0 amide bonds. The van der Waals surface area contributed by atoms with Gasteiger partial charge in [-0.3, -0.25) is 0 Å². The van der Waals surface area contributed by atoms with Crippen molar-refractivity contribution in [2.45, 2.75) is 99.5 Å². The summed E-state index contributed by atoms with van der Waals surface area (Å²) in [5.74, 6) is 0. The lowest BCUT2D eigenvalue weighted by atomic mass is 9.99. The van der Waals surface area contributed by atoms with E-state index in [4.69, 9.17) is 33.2 Å². The molecule has 0 unspecified atom stereocenters. The molecule has 4 rings (SSSR count). The molecule has 34 heavy (non-hydrogen) atoms. The topological polar surface area (TPSA) is 186 Å². The summed E-state index contributed by atoms with van der Waals surface area (Å²) in [6.07, 6.45) is -9.59. The molecule has 0 spiro atoms. The molecule has 0 bridgehead atoms. The third-order valence-corrected chi connectivity index (χ3v) is 6.73. The minimum Gasteiger partial charge on any atom is -0.393 e. The average molecular weight is 497 g/mol. The quantitative estimate of drug-likeness (QED) is 0.209. The summed E-state index contributed by atoms with van der Waals surface area (Å²) in [5, 5.41) is 61.1. The molecule has 4 saturated heterocycles. The van der Waals surface area contributed by atoms with E-state index >= 15 is 0 Å². The molecular weight excluding hydrogens is 460 g/mol. The molecule has 4 heterocycles. The molecule has 0 aliphatic carbocycles. The van der Waals surface area contributed by atoms with Crippen molar-refractivity contribution in [3.8, 4) is 0 Å². The number of aliphatic hydroxyl groups is 6. The zero-order chi connectivity index (χ0) is 24.5. The first-order valence-electron chi connectivity index (χ1n) is 11.7. The summed E-state index contributed by atoms with van der Waals surface area (Å²) < 4.78 is 39.2. The molecule has 4 aliphatic heterocycles. The molecule has 198 valence electrons. The highest BCUT2D eigenvalue weighted by Crippen LogP contribution is 2.32. The number of ether oxygens (including phenoxy) is 7. The smallest absolute Gasteiger partial charge is 0.187 e. The Hall–Kier alpha value is -0.520. The summed E-state index contributed by atoms with van der Waals surface area (Å²) in [7, 11) is 0. The second kappa shape index (κ2) is 11.3. The maximum absolute atomic E-state index is 10.7. The van der Waals surface area contributed by atoms with Crippen LogP contribution in [0.1, 0.15) is 26.2 Å². The van der Waals surface area contributed by atoms with Crippen LogP contribution in [0.15, 0.2) is 0 Å². The van der Waals surface area contributed by atoms with Gasteiger partial charge in [-0.1, -0.05) is 0 Å². The zero-order valence-electron chi connectivity index (χ0n) is 19.0. The third-order valence-electron chi connectivity index (χ3n) is 6.73. The maximum atomic E-state index is 10.7. The van der Waals surface area contributed by atoms with Crippen molar-refractivity contribution in [1.29, 1.82) is 0 Å². The van der Waals surface area contributed by atoms with Gasteiger partial charge in [-0.15, -0.1) is 0 Å². The van der Waals surface area contributed by atoms with E-state index < -0.39 is 73.8 Å². The van der Waals surface area contributed by atoms with Crippen molar-refractivity contribution in [3.05, 3.63) is 0 Å². The van der Waals surface area contributed by atoms with Crippen LogP contribution in [0.4, 0.5) is 0 Å². The van der Waals surface area contributed by atoms with Crippen molar-refractivity contribution in [2.24, 2.45) is 0 Å². The van der Waals surface area contributed by atoms with E-state index in [1.54, 1.807) is 6.92 Å². The molecule has 13 heteroatoms. The van der Waals surface area contributed by atoms with E-state index in [0.29, 0.717) is 13.2 Å². The van der Waals surface area contributed by atoms with Crippen molar-refractivity contribution in [2.75, 3.05) is 33.0 Å². The lowest BCUT2D eigenvalue weighted by molar-refractivity contribution is -0.341. The molecule has 4 aliphatic rings. The highest BCUT2D eigenvalue weighted by Gasteiger charge is 2.51. The van der Waals surface area contributed by atoms with Gasteiger partial charge >= 0.3 is 0 Å². The molecule has 0 saturated carbocycles. The van der Waals surface area contributed by atoms with Crippen LogP contribution in [0.3, 0.4) is 0 Å². The fourth-order valence-corrected chi connectivity index (χ4v) is 4.54. The van der Waals surface area contributed by atoms with Gasteiger partial charge in [0.05, 0.1) is 44.7 Å². The van der Waals surface area contributed by atoms with Gasteiger partial charge in [-0.25, -0.2) is 0 Å². The Morgan fingerprint density at radius 3 is 2.44 bits per heavy atom. The average Bonchev–Trinajstić information content (AvgIpc) is 3.12. The van der Waals surface area contributed by atoms with Crippen LogP contribution < -0.4 is 0 Å². The Bertz CT molecular complexity index is 648. The van der Waals surface area contributed by atoms with E-state index in [2.05, 4.69) is 0 Å². The Kier molecular flexibility index (Phi) is 8.78. The molecular formula is C21H36O13. The van der Waals surface area contributed by atoms with Crippen LogP contribution in [-0.2, 0) is 33.2 Å². The SMILES string of the molecule is C[C@@H]1O[C@@H](O[C@@H]2CCCOC2)[C@H](O)[C@H](O)[C@H]1O[C@H]1C[C@@H](O[C@@H]2OC[C@](O)(CO)[C@H]2O)[C@H](O)CO1. The van der Waals surface area contributed by atoms with Gasteiger partial charge in [-0.2, -0.15) is 0 Å². The van der Waals surface area contributed by atoms with Gasteiger partial charge in [-0.05, 0) is 19.8 Å². The lowest BCUT2D eigenvalue weighted by Gasteiger charge is -2.44. The van der Waals surface area contributed by atoms with Gasteiger partial charge < -0.3 is 63.8 Å². The first-order chi connectivity index (χ1) is 16.2. The van der Waals surface area contributed by atoms with Crippen molar-refractivity contribution < 1.29 is 63.8 Å². The molecule has 0 aromatic heterocycles. The fraction of sp³-hybridized carbons (Fsp3) is 1.00. The van der Waals surface area contributed by atoms with Gasteiger partial charge in [0.1, 0.15) is 36.1 Å². The summed E-state index contributed by atoms with van der Waals surface area (Å²) in [6.45, 7) is 1.54. The van der Waals surface area contributed by atoms with Crippen molar-refractivity contribution >= 4 is 0 Å². The number of hydrogen-bond donors (Lipinski definition) is 6. The van der Waals surface area contributed by atoms with E-state index in [1.807, 2.05) is 0 Å². The number of rotatable bonds is 7. The molecule has 0 aromatic rings. The Morgan fingerprint density at radius 2 is 1.76 bits per heavy atom. The summed E-state index contributed by atoms with van der Waals surface area (Å²) >= 11 is 0. The molecule has 4 fully saturated rings. The monoisotopic (exact) mass is 496 g/mol. The fourth-order valence-electron chi connectivity index (χ4n) is 4.54. The van der Waals surface area contributed by atoms with E-state index in [-0.39, 0.29) is 25.7 Å². The van der Waals surface area contributed by atoms with E-state index in [0.717, 1.165) is 12.8 Å². The molecule has 13 nitrogen and oxygen atoms in total. The van der Waals surface area contributed by atoms with Crippen LogP contribution in [0.5, 0.6) is 0 Å². The Labute approximate surface area is 197 Å². The molecule has 12 atom stereocenters. The first kappa shape index (κ1) is 26.5. The van der Waals surface area contributed by atoms with Crippen LogP contribution >= 0.6 is 0 Å². The minimum atomic E-state index is -1.85. The Balaban J connectivity index is 1.31. The minimum absolute atomic E-state index is 0.0106. The second-order valence-corrected chi connectivity index (χ2v) is 9.39. The Morgan fingerprint density at radius 1 is 0.971 bits per heavy atom. The number of aliphatic hydroxyl groups excluding tert-OH is 5. The molecule has 0 radical (unpaired) electrons. The van der Waals surface area contributed by atoms with Crippen LogP contribution in [0, 0.1) is 0 Å². The van der Waals surface area contributed by atoms with E-state index in [9.17, 15) is 30.6 Å². The largest absolute Gasteiger partial charge is 0.393 e. The summed E-state index contributed by atoms with van der Waals surface area (Å²) in [4.78, 5) is 0. The predicted molar refractivity (Wildman–Crippen MR) is 109 cm³/mol. The van der Waals surface area contributed by atoms with Gasteiger partial charge in [0.15, 0.2) is 18.9 Å². The molecule has 6 N–H and O–H groups in total. The van der Waals surface area contributed by atoms with Crippen molar-refractivity contribution in [3.63, 3.8) is 0 Å². The maximum Gasteiger partial charge on any atom is 0.187 e. The van der Waals surface area contributed by atoms with Crippen LogP contribution in [-0.4, -0.2) is 137 Å². The first-order valence-corrected chi connectivity index (χ1v) is 11.7. The highest BCUT2D eigenvalue weighted by molar-refractivity contribution is 4.95. The van der Waals surface area contributed by atoms with E-state index in [1.165, 1.54) is 0 Å². The number of hydrogen-bond acceptors (Lipinski definition) is 13. The summed E-state index contributed by atoms with van der Waals surface area (Å²) in [5.41, 5.74) is -1.85. The third kappa shape index (κ3) is 5.72.